The Kier molecular flexibility index (Phi) is 4.12. The summed E-state index contributed by atoms with van der Waals surface area (Å²) < 4.78 is 6.89. The van der Waals surface area contributed by atoms with Crippen LogP contribution >= 0.6 is 0 Å². The number of methoxy groups -OCH3 is 1. The number of carbonyl (C=O) groups is 1. The summed E-state index contributed by atoms with van der Waals surface area (Å²) in [7, 11) is 1.62. The third-order valence-corrected chi connectivity index (χ3v) is 4.31. The summed E-state index contributed by atoms with van der Waals surface area (Å²) >= 11 is 0. The van der Waals surface area contributed by atoms with Crippen LogP contribution in [0.1, 0.15) is 40.8 Å². The van der Waals surface area contributed by atoms with E-state index in [9.17, 15) is 4.79 Å². The monoisotopic (exact) mass is 349 g/mol. The van der Waals surface area contributed by atoms with Crippen molar-refractivity contribution in [2.75, 3.05) is 12.4 Å². The maximum atomic E-state index is 12.5. The maximum Gasteiger partial charge on any atom is 0.276 e. The SMILES string of the molecule is COc1ccc(-n2nc(C(=O)Nc3cnc(C4CC4)nc3)cc2C)cc1. The van der Waals surface area contributed by atoms with Crippen LogP contribution in [0.3, 0.4) is 0 Å². The quantitative estimate of drug-likeness (QED) is 0.765. The molecule has 4 rings (SSSR count). The van der Waals surface area contributed by atoms with E-state index in [1.165, 1.54) is 0 Å². The minimum atomic E-state index is -0.289. The first kappa shape index (κ1) is 16.3. The van der Waals surface area contributed by atoms with Gasteiger partial charge in [0, 0.05) is 11.6 Å². The fourth-order valence-corrected chi connectivity index (χ4v) is 2.72. The highest BCUT2D eigenvalue weighted by molar-refractivity contribution is 6.02. The molecule has 7 heteroatoms. The standard InChI is InChI=1S/C19H19N5O2/c1-12-9-17(23-24(12)15-5-7-16(26-2)8-6-15)19(25)22-14-10-20-18(21-11-14)13-3-4-13/h5-11,13H,3-4H2,1-2H3,(H,22,25). The molecule has 2 heterocycles. The van der Waals surface area contributed by atoms with Crippen molar-refractivity contribution in [1.29, 1.82) is 0 Å². The highest BCUT2D eigenvalue weighted by Crippen LogP contribution is 2.37. The van der Waals surface area contributed by atoms with E-state index in [-0.39, 0.29) is 5.91 Å². The molecule has 26 heavy (non-hydrogen) atoms. The van der Waals surface area contributed by atoms with Gasteiger partial charge in [-0.25, -0.2) is 14.6 Å². The molecule has 1 fully saturated rings. The fourth-order valence-electron chi connectivity index (χ4n) is 2.72. The number of anilines is 1. The number of nitrogens with one attached hydrogen (secondary N) is 1. The molecular weight excluding hydrogens is 330 g/mol. The molecule has 3 aromatic rings. The molecule has 0 radical (unpaired) electrons. The minimum absolute atomic E-state index is 0.289. The largest absolute Gasteiger partial charge is 0.497 e. The van der Waals surface area contributed by atoms with Crippen molar-refractivity contribution in [1.82, 2.24) is 19.7 Å². The number of rotatable bonds is 5. The number of aromatic nitrogens is 4. The van der Waals surface area contributed by atoms with Crippen molar-refractivity contribution in [3.8, 4) is 11.4 Å². The van der Waals surface area contributed by atoms with Gasteiger partial charge in [-0.3, -0.25) is 4.79 Å². The lowest BCUT2D eigenvalue weighted by Gasteiger charge is -2.05. The summed E-state index contributed by atoms with van der Waals surface area (Å²) in [5.41, 5.74) is 2.63. The van der Waals surface area contributed by atoms with Crippen molar-refractivity contribution < 1.29 is 9.53 Å². The van der Waals surface area contributed by atoms with Crippen LogP contribution in [0.2, 0.25) is 0 Å². The summed E-state index contributed by atoms with van der Waals surface area (Å²) in [6.07, 6.45) is 5.58. The molecular formula is C19H19N5O2. The van der Waals surface area contributed by atoms with Gasteiger partial charge in [0.05, 0.1) is 30.9 Å². The van der Waals surface area contributed by atoms with Crippen LogP contribution in [0.5, 0.6) is 5.75 Å². The van der Waals surface area contributed by atoms with E-state index >= 15 is 0 Å². The van der Waals surface area contributed by atoms with Crippen LogP contribution in [0.15, 0.2) is 42.7 Å². The number of ether oxygens (including phenoxy) is 1. The lowest BCUT2D eigenvalue weighted by molar-refractivity contribution is 0.102. The zero-order chi connectivity index (χ0) is 18.1. The zero-order valence-electron chi connectivity index (χ0n) is 14.6. The normalized spacial score (nSPS) is 13.5. The van der Waals surface area contributed by atoms with Crippen molar-refractivity contribution in [2.24, 2.45) is 0 Å². The molecule has 0 unspecified atom stereocenters. The molecule has 132 valence electrons. The molecule has 2 aromatic heterocycles. The van der Waals surface area contributed by atoms with Crippen LogP contribution in [0, 0.1) is 6.92 Å². The smallest absolute Gasteiger partial charge is 0.276 e. The van der Waals surface area contributed by atoms with Gasteiger partial charge >= 0.3 is 0 Å². The predicted octanol–water partition coefficient (Wildman–Crippen LogP) is 3.11. The second kappa shape index (κ2) is 6.59. The first-order chi connectivity index (χ1) is 12.6. The minimum Gasteiger partial charge on any atom is -0.497 e. The van der Waals surface area contributed by atoms with Crippen LogP contribution < -0.4 is 10.1 Å². The Labute approximate surface area is 151 Å². The molecule has 7 nitrogen and oxygen atoms in total. The van der Waals surface area contributed by atoms with Gasteiger partial charge in [0.2, 0.25) is 0 Å². The van der Waals surface area contributed by atoms with E-state index in [1.807, 2.05) is 31.2 Å². The van der Waals surface area contributed by atoms with E-state index in [4.69, 9.17) is 4.74 Å². The zero-order valence-corrected chi connectivity index (χ0v) is 14.6. The molecule has 1 aromatic carbocycles. The van der Waals surface area contributed by atoms with E-state index < -0.39 is 0 Å². The van der Waals surface area contributed by atoms with Gasteiger partial charge in [-0.2, -0.15) is 5.10 Å². The number of carbonyl (C=O) groups excluding carboxylic acids is 1. The first-order valence-electron chi connectivity index (χ1n) is 8.48. The Hall–Kier alpha value is -3.22. The van der Waals surface area contributed by atoms with Crippen molar-refractivity contribution in [2.45, 2.75) is 25.7 Å². The van der Waals surface area contributed by atoms with Gasteiger partial charge < -0.3 is 10.1 Å². The molecule has 1 N–H and O–H groups in total. The Bertz CT molecular complexity index is 928. The van der Waals surface area contributed by atoms with E-state index in [2.05, 4.69) is 20.4 Å². The highest BCUT2D eigenvalue weighted by atomic mass is 16.5. The third-order valence-electron chi connectivity index (χ3n) is 4.31. The van der Waals surface area contributed by atoms with Gasteiger partial charge in [-0.1, -0.05) is 0 Å². The van der Waals surface area contributed by atoms with E-state index in [1.54, 1.807) is 30.3 Å². The van der Waals surface area contributed by atoms with Gasteiger partial charge in [0.15, 0.2) is 5.69 Å². The Morgan fingerprint density at radius 2 is 1.88 bits per heavy atom. The van der Waals surface area contributed by atoms with Crippen LogP contribution in [0.4, 0.5) is 5.69 Å². The third kappa shape index (κ3) is 3.28. The van der Waals surface area contributed by atoms with Crippen molar-refractivity contribution in [3.63, 3.8) is 0 Å². The summed E-state index contributed by atoms with van der Waals surface area (Å²) in [5, 5.41) is 7.21. The van der Waals surface area contributed by atoms with E-state index in [0.29, 0.717) is 17.3 Å². The number of amides is 1. The number of nitrogens with zero attached hydrogens (tertiary/aromatic N) is 4. The Morgan fingerprint density at radius 1 is 1.19 bits per heavy atom. The van der Waals surface area contributed by atoms with Gasteiger partial charge in [-0.15, -0.1) is 0 Å². The topological polar surface area (TPSA) is 81.9 Å². The molecule has 0 bridgehead atoms. The van der Waals surface area contributed by atoms with Crippen molar-refractivity contribution in [3.05, 3.63) is 59.9 Å². The number of aryl methyl sites for hydroxylation is 1. The predicted molar refractivity (Wildman–Crippen MR) is 96.8 cm³/mol. The molecule has 1 amide bonds. The summed E-state index contributed by atoms with van der Waals surface area (Å²) in [6, 6.07) is 9.25. The lowest BCUT2D eigenvalue weighted by atomic mass is 10.3. The summed E-state index contributed by atoms with van der Waals surface area (Å²) in [4.78, 5) is 21.1. The molecule has 1 saturated carbocycles. The molecule has 1 aliphatic carbocycles. The van der Waals surface area contributed by atoms with E-state index in [0.717, 1.165) is 35.8 Å². The van der Waals surface area contributed by atoms with Crippen LogP contribution in [-0.2, 0) is 0 Å². The fraction of sp³-hybridized carbons (Fsp3) is 0.263. The average Bonchev–Trinajstić information content (AvgIpc) is 3.44. The van der Waals surface area contributed by atoms with Crippen molar-refractivity contribution >= 4 is 11.6 Å². The number of hydrogen-bond donors (Lipinski definition) is 1. The Morgan fingerprint density at radius 3 is 2.50 bits per heavy atom. The number of benzene rings is 1. The summed E-state index contributed by atoms with van der Waals surface area (Å²) in [6.45, 7) is 1.90. The number of hydrogen-bond acceptors (Lipinski definition) is 5. The average molecular weight is 349 g/mol. The van der Waals surface area contributed by atoms with Gasteiger partial charge in [-0.05, 0) is 50.1 Å². The molecule has 0 spiro atoms. The molecule has 0 atom stereocenters. The van der Waals surface area contributed by atoms with Gasteiger partial charge in [0.25, 0.3) is 5.91 Å². The molecule has 0 aliphatic heterocycles. The maximum absolute atomic E-state index is 12.5. The van der Waals surface area contributed by atoms with Crippen LogP contribution in [-0.4, -0.2) is 32.8 Å². The Balaban J connectivity index is 1.50. The second-order valence-corrected chi connectivity index (χ2v) is 6.34. The summed E-state index contributed by atoms with van der Waals surface area (Å²) in [5.74, 6) is 1.82. The molecule has 0 saturated heterocycles. The molecule has 1 aliphatic rings. The lowest BCUT2D eigenvalue weighted by Crippen LogP contribution is -2.14. The second-order valence-electron chi connectivity index (χ2n) is 6.34. The highest BCUT2D eigenvalue weighted by Gasteiger charge is 2.26. The van der Waals surface area contributed by atoms with Gasteiger partial charge in [0.1, 0.15) is 11.6 Å². The first-order valence-corrected chi connectivity index (χ1v) is 8.48. The van der Waals surface area contributed by atoms with Crippen LogP contribution in [0.25, 0.3) is 5.69 Å².